The van der Waals surface area contributed by atoms with Gasteiger partial charge in [-0.3, -0.25) is 15.1 Å². The van der Waals surface area contributed by atoms with E-state index in [2.05, 4.69) is 41.2 Å². The van der Waals surface area contributed by atoms with Crippen LogP contribution in [0.3, 0.4) is 0 Å². The number of nitrogens with zero attached hydrogens (tertiary/aromatic N) is 9. The van der Waals surface area contributed by atoms with E-state index in [1.807, 2.05) is 0 Å². The summed E-state index contributed by atoms with van der Waals surface area (Å²) in [5.41, 5.74) is -0.0311. The van der Waals surface area contributed by atoms with Crippen LogP contribution in [0.5, 0.6) is 0 Å². The van der Waals surface area contributed by atoms with Gasteiger partial charge >= 0.3 is 0 Å². The average Bonchev–Trinajstić information content (AvgIpc) is 3.23. The minimum Gasteiger partial charge on any atom is -0.289 e. The van der Waals surface area contributed by atoms with Crippen LogP contribution < -0.4 is 5.32 Å². The molecule has 0 aliphatic heterocycles. The Bertz CT molecular complexity index is 943. The molecule has 142 valence electrons. The van der Waals surface area contributed by atoms with E-state index < -0.39 is 18.0 Å². The molecule has 14 heteroatoms. The van der Waals surface area contributed by atoms with Crippen molar-refractivity contribution in [1.82, 2.24) is 45.4 Å². The maximum Gasteiger partial charge on any atom is 0.280 e. The summed E-state index contributed by atoms with van der Waals surface area (Å²) in [4.78, 5) is 17.8. The molecular weight excluding hydrogens is 382 g/mol. The van der Waals surface area contributed by atoms with Crippen molar-refractivity contribution < 1.29 is 13.6 Å². The SMILES string of the molecule is Cn1nnc(CSCc2nc(C(F)F)ccc2C(=O)Nc2nnnn2C)n1. The predicted molar refractivity (Wildman–Crippen MR) is 89.7 cm³/mol. The molecule has 0 fully saturated rings. The highest BCUT2D eigenvalue weighted by Gasteiger charge is 2.19. The third kappa shape index (κ3) is 4.58. The van der Waals surface area contributed by atoms with Crippen molar-refractivity contribution in [1.29, 1.82) is 0 Å². The zero-order valence-electron chi connectivity index (χ0n) is 14.2. The first-order chi connectivity index (χ1) is 12.9. The lowest BCUT2D eigenvalue weighted by Gasteiger charge is -2.10. The molecular formula is C13H14F2N10OS. The van der Waals surface area contributed by atoms with Crippen LogP contribution in [0.4, 0.5) is 14.7 Å². The van der Waals surface area contributed by atoms with Gasteiger partial charge in [-0.05, 0) is 27.8 Å². The fraction of sp³-hybridized carbons (Fsp3) is 0.385. The number of nitrogens with one attached hydrogen (secondary N) is 1. The van der Waals surface area contributed by atoms with Crippen LogP contribution >= 0.6 is 11.8 Å². The topological polar surface area (TPSA) is 129 Å². The van der Waals surface area contributed by atoms with Gasteiger partial charge in [-0.15, -0.1) is 22.0 Å². The molecule has 0 saturated heterocycles. The minimum absolute atomic E-state index is 0.125. The summed E-state index contributed by atoms with van der Waals surface area (Å²) in [6.07, 6.45) is -2.74. The molecule has 3 aromatic heterocycles. The smallest absolute Gasteiger partial charge is 0.280 e. The number of aryl methyl sites for hydroxylation is 2. The van der Waals surface area contributed by atoms with Crippen molar-refractivity contribution in [3.05, 3.63) is 34.9 Å². The molecule has 0 aliphatic rings. The molecule has 11 nitrogen and oxygen atoms in total. The summed E-state index contributed by atoms with van der Waals surface area (Å²) in [6, 6.07) is 2.43. The van der Waals surface area contributed by atoms with Crippen LogP contribution in [0.15, 0.2) is 12.1 Å². The highest BCUT2D eigenvalue weighted by atomic mass is 32.2. The molecule has 1 N–H and O–H groups in total. The number of pyridine rings is 1. The summed E-state index contributed by atoms with van der Waals surface area (Å²) >= 11 is 1.32. The van der Waals surface area contributed by atoms with Gasteiger partial charge < -0.3 is 0 Å². The Morgan fingerprint density at radius 3 is 2.67 bits per heavy atom. The number of carbonyl (C=O) groups excluding carboxylic acids is 1. The Labute approximate surface area is 155 Å². The summed E-state index contributed by atoms with van der Waals surface area (Å²) in [5.74, 6) is 0.667. The quantitative estimate of drug-likeness (QED) is 0.615. The van der Waals surface area contributed by atoms with Gasteiger partial charge in [0, 0.05) is 12.8 Å². The summed E-state index contributed by atoms with van der Waals surface area (Å²) in [7, 11) is 3.19. The number of tetrazole rings is 2. The second kappa shape index (κ2) is 8.11. The molecule has 0 unspecified atom stereocenters. The van der Waals surface area contributed by atoms with Crippen molar-refractivity contribution in [2.75, 3.05) is 5.32 Å². The summed E-state index contributed by atoms with van der Waals surface area (Å²) < 4.78 is 27.3. The first kappa shape index (κ1) is 18.8. The van der Waals surface area contributed by atoms with E-state index in [-0.39, 0.29) is 23.0 Å². The van der Waals surface area contributed by atoms with Crippen molar-refractivity contribution in [2.24, 2.45) is 14.1 Å². The van der Waals surface area contributed by atoms with E-state index in [9.17, 15) is 13.6 Å². The lowest BCUT2D eigenvalue weighted by molar-refractivity contribution is 0.102. The Kier molecular flexibility index (Phi) is 5.63. The third-order valence-electron chi connectivity index (χ3n) is 3.33. The number of aromatic nitrogens is 9. The van der Waals surface area contributed by atoms with E-state index in [1.54, 1.807) is 14.1 Å². The number of halogens is 2. The highest BCUT2D eigenvalue weighted by molar-refractivity contribution is 7.97. The van der Waals surface area contributed by atoms with Gasteiger partial charge in [-0.1, -0.05) is 5.10 Å². The Balaban J connectivity index is 1.77. The largest absolute Gasteiger partial charge is 0.289 e. The van der Waals surface area contributed by atoms with Gasteiger partial charge in [0.15, 0.2) is 5.82 Å². The molecule has 0 spiro atoms. The zero-order valence-corrected chi connectivity index (χ0v) is 15.1. The van der Waals surface area contributed by atoms with Gasteiger partial charge in [-0.25, -0.2) is 13.5 Å². The first-order valence-electron chi connectivity index (χ1n) is 7.56. The van der Waals surface area contributed by atoms with Gasteiger partial charge in [-0.2, -0.15) is 4.80 Å². The second-order valence-electron chi connectivity index (χ2n) is 5.30. The number of carbonyl (C=O) groups is 1. The monoisotopic (exact) mass is 396 g/mol. The van der Waals surface area contributed by atoms with Crippen LogP contribution in [0.2, 0.25) is 0 Å². The molecule has 1 amide bonds. The van der Waals surface area contributed by atoms with E-state index in [0.29, 0.717) is 11.6 Å². The molecule has 0 aliphatic carbocycles. The average molecular weight is 396 g/mol. The van der Waals surface area contributed by atoms with Gasteiger partial charge in [0.25, 0.3) is 12.3 Å². The number of thioether (sulfide) groups is 1. The fourth-order valence-electron chi connectivity index (χ4n) is 2.08. The van der Waals surface area contributed by atoms with Gasteiger partial charge in [0.1, 0.15) is 5.69 Å². The maximum absolute atomic E-state index is 13.0. The van der Waals surface area contributed by atoms with Gasteiger partial charge in [0.2, 0.25) is 5.95 Å². The lowest BCUT2D eigenvalue weighted by atomic mass is 10.1. The van der Waals surface area contributed by atoms with Crippen molar-refractivity contribution in [3.8, 4) is 0 Å². The van der Waals surface area contributed by atoms with Crippen LogP contribution in [0, 0.1) is 0 Å². The number of hydrogen-bond acceptors (Lipinski definition) is 9. The fourth-order valence-corrected chi connectivity index (χ4v) is 2.89. The summed E-state index contributed by atoms with van der Waals surface area (Å²) in [5, 5.41) is 24.8. The number of hydrogen-bond donors (Lipinski definition) is 1. The normalized spacial score (nSPS) is 11.1. The first-order valence-corrected chi connectivity index (χ1v) is 8.72. The Hall–Kier alpha value is -3.03. The van der Waals surface area contributed by atoms with E-state index in [4.69, 9.17) is 0 Å². The van der Waals surface area contributed by atoms with Crippen molar-refractivity contribution in [2.45, 2.75) is 17.9 Å². The number of alkyl halides is 2. The minimum atomic E-state index is -2.74. The molecule has 3 heterocycles. The van der Waals surface area contributed by atoms with E-state index >= 15 is 0 Å². The third-order valence-corrected chi connectivity index (χ3v) is 4.27. The highest BCUT2D eigenvalue weighted by Crippen LogP contribution is 2.23. The number of anilines is 1. The van der Waals surface area contributed by atoms with Gasteiger partial charge in [0.05, 0.1) is 24.1 Å². The molecule has 0 saturated carbocycles. The Morgan fingerprint density at radius 1 is 1.22 bits per heavy atom. The van der Waals surface area contributed by atoms with Crippen LogP contribution in [-0.4, -0.2) is 51.3 Å². The van der Waals surface area contributed by atoms with Crippen LogP contribution in [-0.2, 0) is 25.6 Å². The Morgan fingerprint density at radius 2 is 2.04 bits per heavy atom. The predicted octanol–water partition coefficient (Wildman–Crippen LogP) is 0.752. The van der Waals surface area contributed by atoms with Crippen molar-refractivity contribution in [3.63, 3.8) is 0 Å². The number of amides is 1. The molecule has 0 radical (unpaired) electrons. The number of rotatable bonds is 7. The molecule has 0 atom stereocenters. The molecule has 0 bridgehead atoms. The summed E-state index contributed by atoms with van der Waals surface area (Å²) in [6.45, 7) is 0. The molecule has 0 aromatic carbocycles. The molecule has 3 rings (SSSR count). The maximum atomic E-state index is 13.0. The standard InChI is InChI=1S/C13H14F2N10OS/c1-24-13(19-21-23-24)17-12(26)7-3-4-8(11(14)15)16-9(7)5-27-6-10-18-22-25(2)20-10/h3-4,11H,5-6H2,1-2H3,(H,17,19,23,26). The molecule has 27 heavy (non-hydrogen) atoms. The zero-order chi connectivity index (χ0) is 19.4. The van der Waals surface area contributed by atoms with Crippen LogP contribution in [0.25, 0.3) is 0 Å². The van der Waals surface area contributed by atoms with E-state index in [0.717, 1.165) is 6.07 Å². The molecule has 3 aromatic rings. The van der Waals surface area contributed by atoms with Crippen LogP contribution in [0.1, 0.15) is 34.0 Å². The van der Waals surface area contributed by atoms with E-state index in [1.165, 1.54) is 27.3 Å². The second-order valence-corrected chi connectivity index (χ2v) is 6.28. The lowest BCUT2D eigenvalue weighted by Crippen LogP contribution is -2.18. The van der Waals surface area contributed by atoms with Crippen molar-refractivity contribution >= 4 is 23.6 Å².